The molecule has 0 aromatic rings. The van der Waals surface area contributed by atoms with Gasteiger partial charge in [0.05, 0.1) is 0 Å². The molecular weight excluding hydrogens is 264 g/mol. The highest BCUT2D eigenvalue weighted by molar-refractivity contribution is 5.26. The summed E-state index contributed by atoms with van der Waals surface area (Å²) in [7, 11) is 0. The Labute approximate surface area is 144 Å². The maximum Gasteiger partial charge on any atom is 0.231 e. The molecule has 0 bridgehead atoms. The number of hydrogen-bond acceptors (Lipinski definition) is 4. The first-order valence-corrected chi connectivity index (χ1v) is 0.908. The average molecular weight is 327 g/mol. The fourth-order valence-corrected chi connectivity index (χ4v) is 0. The van der Waals surface area contributed by atoms with E-state index in [-0.39, 0.29) is 111 Å². The van der Waals surface area contributed by atoms with E-state index >= 15 is 0 Å². The Morgan fingerprint density at radius 1 is 0.333 bits per heavy atom. The van der Waals surface area contributed by atoms with E-state index in [1.807, 2.05) is 0 Å². The monoisotopic (exact) mass is 326 g/mol. The molecule has 0 heterocycles. The van der Waals surface area contributed by atoms with E-state index in [9.17, 15) is 0 Å². The Bertz CT molecular complexity index is 72.8. The van der Waals surface area contributed by atoms with Crippen molar-refractivity contribution in [3.05, 3.63) is 0 Å². The normalized spacial score (nSPS) is 0.762. The highest BCUT2D eigenvalue weighted by atomic mass is 16.1. The largest absolute Gasteiger partial charge is 0.231 e. The molecule has 0 spiro atoms. The summed E-state index contributed by atoms with van der Waals surface area (Å²) < 4.78 is 0. The molecule has 0 atom stereocenters. The second-order valence-electron chi connectivity index (χ2n) is 0.204. The van der Waals surface area contributed by atoms with Crippen LogP contribution < -0.4 is 0 Å². The first-order chi connectivity index (χ1) is 2.83. The molecule has 4 nitrogen and oxygen atoms in total. The van der Waals surface area contributed by atoms with Crippen LogP contribution in [0, 0.1) is 10.8 Å². The lowest BCUT2D eigenvalue weighted by molar-refractivity contribution is 0.562. The average Bonchev–Trinajstić information content (AvgIpc) is 1.39. The summed E-state index contributed by atoms with van der Waals surface area (Å²) in [5.41, 5.74) is 0. The van der Waals surface area contributed by atoms with Crippen LogP contribution in [0.4, 0.5) is 0 Å². The third-order valence-electron chi connectivity index (χ3n) is 0. The summed E-state index contributed by atoms with van der Waals surface area (Å²) in [4.78, 5) is 16.7. The van der Waals surface area contributed by atoms with Gasteiger partial charge in [0.2, 0.25) is 12.2 Å². The van der Waals surface area contributed by atoms with Crippen molar-refractivity contribution < 1.29 is 9.59 Å². The second-order valence-corrected chi connectivity index (χ2v) is 0.204. The van der Waals surface area contributed by atoms with E-state index in [1.54, 1.807) is 0 Å². The summed E-state index contributed by atoms with van der Waals surface area (Å²) in [6, 6.07) is 0. The van der Waals surface area contributed by atoms with Gasteiger partial charge in [-0.3, -0.25) is 0 Å². The van der Waals surface area contributed by atoms with Crippen molar-refractivity contribution in [3.8, 4) is 0 Å². The van der Waals surface area contributed by atoms with Crippen LogP contribution in [0.2, 0.25) is 0 Å². The van der Waals surface area contributed by atoms with Crippen LogP contribution in [0.5, 0.6) is 0 Å². The molecular formula is C17H62N2O2. The van der Waals surface area contributed by atoms with E-state index in [0.29, 0.717) is 0 Å². The lowest BCUT2D eigenvalue weighted by atomic mass is 11.7. The van der Waals surface area contributed by atoms with E-state index in [0.717, 1.165) is 12.2 Å². The van der Waals surface area contributed by atoms with Crippen molar-refractivity contribution in [3.63, 3.8) is 0 Å². The number of rotatable bonds is 0. The quantitative estimate of drug-likeness (QED) is 0.343. The minimum atomic E-state index is 0. The first-order valence-electron chi connectivity index (χ1n) is 0.908. The Balaban J connectivity index is -0.000000000593. The third-order valence-corrected chi connectivity index (χ3v) is 0. The standard InChI is InChI=1S/2CHNO.15CH4/c2*2-1-3;;;;;;;;;;;;;;;/h2*2H;15*1H4. The number of isocyanates is 2. The molecule has 0 aromatic heterocycles. The minimum absolute atomic E-state index is 0. The van der Waals surface area contributed by atoms with Crippen molar-refractivity contribution >= 4 is 12.2 Å². The second kappa shape index (κ2) is 10200. The van der Waals surface area contributed by atoms with E-state index < -0.39 is 0 Å². The van der Waals surface area contributed by atoms with Crippen LogP contribution in [-0.4, -0.2) is 12.2 Å². The van der Waals surface area contributed by atoms with Gasteiger partial charge in [0.15, 0.2) is 0 Å². The van der Waals surface area contributed by atoms with E-state index in [2.05, 4.69) is 0 Å². The summed E-state index contributed by atoms with van der Waals surface area (Å²) in [6.07, 6.45) is 1.50. The fourth-order valence-electron chi connectivity index (χ4n) is 0. The molecule has 152 valence electrons. The van der Waals surface area contributed by atoms with Crippen molar-refractivity contribution in [1.29, 1.82) is 10.8 Å². The molecule has 0 saturated carbocycles. The molecule has 2 N–H and O–H groups in total. The van der Waals surface area contributed by atoms with Gasteiger partial charge < -0.3 is 0 Å². The zero-order valence-electron chi connectivity index (χ0n) is 2.82. The van der Waals surface area contributed by atoms with Gasteiger partial charge in [0.1, 0.15) is 0 Å². The SMILES string of the molecule is C.C.C.C.C.C.C.C.C.C.C.C.C.C.C.N=C=O.N=C=O. The van der Waals surface area contributed by atoms with Crippen LogP contribution in [0.25, 0.3) is 0 Å². The van der Waals surface area contributed by atoms with Gasteiger partial charge >= 0.3 is 0 Å². The van der Waals surface area contributed by atoms with Gasteiger partial charge in [-0.05, 0) is 0 Å². The van der Waals surface area contributed by atoms with Crippen LogP contribution in [-0.2, 0) is 9.59 Å². The van der Waals surface area contributed by atoms with Crippen LogP contribution >= 0.6 is 0 Å². The van der Waals surface area contributed by atoms with Crippen molar-refractivity contribution in [1.82, 2.24) is 0 Å². The smallest absolute Gasteiger partial charge is 0.222 e. The topological polar surface area (TPSA) is 81.8 Å². The Hall–Kier alpha value is -1.24. The van der Waals surface area contributed by atoms with Gasteiger partial charge in [-0.2, -0.15) is 0 Å². The molecule has 0 aliphatic carbocycles. The number of nitrogens with one attached hydrogen (secondary N) is 2. The Morgan fingerprint density at radius 3 is 0.333 bits per heavy atom. The van der Waals surface area contributed by atoms with Crippen molar-refractivity contribution in [2.45, 2.75) is 111 Å². The highest BCUT2D eigenvalue weighted by Gasteiger charge is 1.04. The fraction of sp³-hybridized carbons (Fsp3) is 0.882. The lowest BCUT2D eigenvalue weighted by Crippen LogP contribution is -1.16. The first kappa shape index (κ1) is 913. The van der Waals surface area contributed by atoms with Crippen LogP contribution in [0.15, 0.2) is 0 Å². The summed E-state index contributed by atoms with van der Waals surface area (Å²) in [5.74, 6) is 0. The molecule has 21 heavy (non-hydrogen) atoms. The molecule has 0 aliphatic rings. The predicted octanol–water partition coefficient (Wildman–Crippen LogP) is 9.34. The molecule has 0 aliphatic heterocycles. The molecule has 0 saturated heterocycles. The number of hydrogen-bond donors (Lipinski definition) is 2. The zero-order chi connectivity index (χ0) is 5.41. The van der Waals surface area contributed by atoms with Gasteiger partial charge in [-0.15, -0.1) is 0 Å². The van der Waals surface area contributed by atoms with E-state index in [1.165, 1.54) is 0 Å². The predicted molar refractivity (Wildman–Crippen MR) is 118 cm³/mol. The maximum absolute atomic E-state index is 8.35. The van der Waals surface area contributed by atoms with Gasteiger partial charge in [0.25, 0.3) is 0 Å². The van der Waals surface area contributed by atoms with Gasteiger partial charge in [0, 0.05) is 0 Å². The number of carbonyl (C=O) groups excluding carboxylic acids is 2. The van der Waals surface area contributed by atoms with Gasteiger partial charge in [-0.1, -0.05) is 111 Å². The molecule has 0 amide bonds. The van der Waals surface area contributed by atoms with Gasteiger partial charge in [-0.25, -0.2) is 20.4 Å². The van der Waals surface area contributed by atoms with E-state index in [4.69, 9.17) is 20.4 Å². The molecule has 0 rings (SSSR count). The summed E-state index contributed by atoms with van der Waals surface area (Å²) >= 11 is 0. The third kappa shape index (κ3) is 3430. The highest BCUT2D eigenvalue weighted by Crippen LogP contribution is 0.871. The van der Waals surface area contributed by atoms with Crippen molar-refractivity contribution in [2.24, 2.45) is 0 Å². The molecule has 0 unspecified atom stereocenters. The van der Waals surface area contributed by atoms with Crippen LogP contribution in [0.1, 0.15) is 111 Å². The molecule has 0 aromatic carbocycles. The summed E-state index contributed by atoms with van der Waals surface area (Å²) in [5, 5.41) is 10.8. The molecule has 0 fully saturated rings. The zero-order valence-corrected chi connectivity index (χ0v) is 2.82. The summed E-state index contributed by atoms with van der Waals surface area (Å²) in [6.45, 7) is 0. The Kier molecular flexibility index (Phi) is 445000. The van der Waals surface area contributed by atoms with Crippen molar-refractivity contribution in [2.75, 3.05) is 0 Å². The van der Waals surface area contributed by atoms with Crippen LogP contribution in [0.3, 0.4) is 0 Å². The lowest BCUT2D eigenvalue weighted by Gasteiger charge is -1.02. The molecule has 0 radical (unpaired) electrons. The Morgan fingerprint density at radius 2 is 0.333 bits per heavy atom. The minimum Gasteiger partial charge on any atom is -0.222 e. The maximum atomic E-state index is 8.35. The molecule has 4 heteroatoms.